The van der Waals surface area contributed by atoms with Crippen molar-refractivity contribution in [3.63, 3.8) is 0 Å². The zero-order valence-electron chi connectivity index (χ0n) is 16.2. The van der Waals surface area contributed by atoms with Crippen molar-refractivity contribution in [1.82, 2.24) is 4.98 Å². The molecule has 4 aromatic rings. The number of hydrogen-bond acceptors (Lipinski definition) is 3. The number of halogens is 3. The van der Waals surface area contributed by atoms with E-state index in [0.29, 0.717) is 11.8 Å². The topological polar surface area (TPSA) is 54.0 Å². The lowest BCUT2D eigenvalue weighted by molar-refractivity contribution is 0.262. The third-order valence-corrected chi connectivity index (χ3v) is 5.46. The molecule has 0 bridgehead atoms. The zero-order chi connectivity index (χ0) is 22.0. The fourth-order valence-electron chi connectivity index (χ4n) is 3.01. The SMILES string of the molecule is Cc1nc(-c2ccc(F)cc2)c(-c2ccc(NC(=O)Nc3ccc(F)cc3F)cc2)s1. The van der Waals surface area contributed by atoms with Gasteiger partial charge in [-0.05, 0) is 61.0 Å². The van der Waals surface area contributed by atoms with Gasteiger partial charge in [0.25, 0.3) is 0 Å². The van der Waals surface area contributed by atoms with Gasteiger partial charge in [-0.1, -0.05) is 12.1 Å². The number of aryl methyl sites for hydroxylation is 1. The summed E-state index contributed by atoms with van der Waals surface area (Å²) in [7, 11) is 0. The van der Waals surface area contributed by atoms with Gasteiger partial charge in [-0.2, -0.15) is 0 Å². The molecule has 8 heteroatoms. The summed E-state index contributed by atoms with van der Waals surface area (Å²) in [4.78, 5) is 17.6. The van der Waals surface area contributed by atoms with E-state index in [1.165, 1.54) is 23.5 Å². The molecule has 0 fully saturated rings. The van der Waals surface area contributed by atoms with Crippen molar-refractivity contribution in [2.24, 2.45) is 0 Å². The highest BCUT2D eigenvalue weighted by Gasteiger charge is 2.14. The number of rotatable bonds is 4. The van der Waals surface area contributed by atoms with E-state index in [0.717, 1.165) is 38.8 Å². The fourth-order valence-corrected chi connectivity index (χ4v) is 3.95. The van der Waals surface area contributed by atoms with Crippen LogP contribution in [0.2, 0.25) is 0 Å². The summed E-state index contributed by atoms with van der Waals surface area (Å²) in [5.41, 5.74) is 2.82. The Labute approximate surface area is 180 Å². The van der Waals surface area contributed by atoms with Gasteiger partial charge in [-0.3, -0.25) is 0 Å². The molecule has 0 unspecified atom stereocenters. The van der Waals surface area contributed by atoms with E-state index >= 15 is 0 Å². The minimum absolute atomic E-state index is 0.125. The summed E-state index contributed by atoms with van der Waals surface area (Å²) in [6, 6.07) is 15.5. The number of amides is 2. The number of carbonyl (C=O) groups is 1. The first-order chi connectivity index (χ1) is 14.9. The van der Waals surface area contributed by atoms with Crippen LogP contribution in [0.1, 0.15) is 5.01 Å². The Morgan fingerprint density at radius 1 is 0.839 bits per heavy atom. The quantitative estimate of drug-likeness (QED) is 0.365. The highest BCUT2D eigenvalue weighted by atomic mass is 32.1. The van der Waals surface area contributed by atoms with E-state index in [9.17, 15) is 18.0 Å². The molecule has 1 aromatic heterocycles. The number of hydrogen-bond donors (Lipinski definition) is 2. The molecule has 0 aliphatic rings. The molecule has 0 aliphatic heterocycles. The average Bonchev–Trinajstić information content (AvgIpc) is 3.13. The first-order valence-electron chi connectivity index (χ1n) is 9.26. The molecule has 156 valence electrons. The van der Waals surface area contributed by atoms with Gasteiger partial charge in [-0.15, -0.1) is 11.3 Å². The van der Waals surface area contributed by atoms with Gasteiger partial charge in [-0.25, -0.2) is 22.9 Å². The maximum absolute atomic E-state index is 13.7. The Kier molecular flexibility index (Phi) is 5.73. The number of aromatic nitrogens is 1. The predicted molar refractivity (Wildman–Crippen MR) is 117 cm³/mol. The lowest BCUT2D eigenvalue weighted by Crippen LogP contribution is -2.20. The van der Waals surface area contributed by atoms with Crippen LogP contribution in [0.15, 0.2) is 66.7 Å². The Morgan fingerprint density at radius 3 is 2.16 bits per heavy atom. The van der Waals surface area contributed by atoms with E-state index < -0.39 is 17.7 Å². The lowest BCUT2D eigenvalue weighted by Gasteiger charge is -2.09. The van der Waals surface area contributed by atoms with Crippen LogP contribution in [0.5, 0.6) is 0 Å². The number of nitrogens with zero attached hydrogens (tertiary/aromatic N) is 1. The summed E-state index contributed by atoms with van der Waals surface area (Å²) >= 11 is 1.51. The van der Waals surface area contributed by atoms with Gasteiger partial charge >= 0.3 is 6.03 Å². The molecule has 1 heterocycles. The number of nitrogens with one attached hydrogen (secondary N) is 2. The smallest absolute Gasteiger partial charge is 0.308 e. The molecule has 0 radical (unpaired) electrons. The Morgan fingerprint density at radius 2 is 1.48 bits per heavy atom. The largest absolute Gasteiger partial charge is 0.323 e. The standard InChI is InChI=1S/C23H16F3N3OS/c1-13-27-21(14-2-6-16(24)7-3-14)22(31-13)15-4-9-18(10-5-15)28-23(30)29-20-11-8-17(25)12-19(20)26/h2-12H,1H3,(H2,28,29,30). The molecule has 2 amide bonds. The Bertz CT molecular complexity index is 1240. The predicted octanol–water partition coefficient (Wildman–Crippen LogP) is 6.85. The monoisotopic (exact) mass is 439 g/mol. The highest BCUT2D eigenvalue weighted by Crippen LogP contribution is 2.37. The van der Waals surface area contributed by atoms with E-state index in [-0.39, 0.29) is 11.5 Å². The van der Waals surface area contributed by atoms with Gasteiger partial charge in [0.2, 0.25) is 0 Å². The number of carbonyl (C=O) groups excluding carboxylic acids is 1. The zero-order valence-corrected chi connectivity index (χ0v) is 17.1. The van der Waals surface area contributed by atoms with Crippen LogP contribution in [0.4, 0.5) is 29.3 Å². The fraction of sp³-hybridized carbons (Fsp3) is 0.0435. The molecule has 0 spiro atoms. The first kappa shape index (κ1) is 20.6. The summed E-state index contributed by atoms with van der Waals surface area (Å²) in [5, 5.41) is 5.82. The summed E-state index contributed by atoms with van der Waals surface area (Å²) in [6.45, 7) is 1.90. The lowest BCUT2D eigenvalue weighted by atomic mass is 10.1. The second-order valence-electron chi connectivity index (χ2n) is 6.70. The maximum Gasteiger partial charge on any atom is 0.323 e. The molecule has 0 saturated carbocycles. The van der Waals surface area contributed by atoms with Crippen molar-refractivity contribution < 1.29 is 18.0 Å². The van der Waals surface area contributed by atoms with Gasteiger partial charge < -0.3 is 10.6 Å². The van der Waals surface area contributed by atoms with Crippen LogP contribution in [0.25, 0.3) is 21.7 Å². The number of thiazole rings is 1. The van der Waals surface area contributed by atoms with Gasteiger partial charge in [0.05, 0.1) is 21.3 Å². The van der Waals surface area contributed by atoms with Crippen molar-refractivity contribution >= 4 is 28.7 Å². The van der Waals surface area contributed by atoms with Crippen molar-refractivity contribution in [3.8, 4) is 21.7 Å². The van der Waals surface area contributed by atoms with Gasteiger partial charge in [0.15, 0.2) is 0 Å². The number of benzene rings is 3. The molecule has 3 aromatic carbocycles. The van der Waals surface area contributed by atoms with Crippen molar-refractivity contribution in [1.29, 1.82) is 0 Å². The second kappa shape index (κ2) is 8.61. The van der Waals surface area contributed by atoms with Gasteiger partial charge in [0.1, 0.15) is 17.5 Å². The molecule has 2 N–H and O–H groups in total. The van der Waals surface area contributed by atoms with Crippen LogP contribution < -0.4 is 10.6 Å². The number of urea groups is 1. The molecule has 0 saturated heterocycles. The first-order valence-corrected chi connectivity index (χ1v) is 10.1. The average molecular weight is 439 g/mol. The highest BCUT2D eigenvalue weighted by molar-refractivity contribution is 7.15. The van der Waals surface area contributed by atoms with E-state index in [2.05, 4.69) is 15.6 Å². The van der Waals surface area contributed by atoms with Gasteiger partial charge in [0, 0.05) is 17.3 Å². The Hall–Kier alpha value is -3.65. The Balaban J connectivity index is 1.51. The normalized spacial score (nSPS) is 10.7. The molecular formula is C23H16F3N3OS. The van der Waals surface area contributed by atoms with E-state index in [1.54, 1.807) is 24.3 Å². The molecule has 4 rings (SSSR count). The summed E-state index contributed by atoms with van der Waals surface area (Å²) in [5.74, 6) is -1.90. The maximum atomic E-state index is 13.7. The summed E-state index contributed by atoms with van der Waals surface area (Å²) < 4.78 is 39.9. The molecule has 4 nitrogen and oxygen atoms in total. The second-order valence-corrected chi connectivity index (χ2v) is 7.90. The molecule has 31 heavy (non-hydrogen) atoms. The van der Waals surface area contributed by atoms with Crippen LogP contribution in [0, 0.1) is 24.4 Å². The van der Waals surface area contributed by atoms with Crippen LogP contribution in [-0.4, -0.2) is 11.0 Å². The summed E-state index contributed by atoms with van der Waals surface area (Å²) in [6.07, 6.45) is 0. The third kappa shape index (κ3) is 4.75. The van der Waals surface area contributed by atoms with Crippen molar-refractivity contribution in [3.05, 3.63) is 89.2 Å². The third-order valence-electron chi connectivity index (χ3n) is 4.44. The van der Waals surface area contributed by atoms with Crippen molar-refractivity contribution in [2.75, 3.05) is 10.6 Å². The van der Waals surface area contributed by atoms with Crippen LogP contribution in [0.3, 0.4) is 0 Å². The van der Waals surface area contributed by atoms with Crippen LogP contribution in [-0.2, 0) is 0 Å². The molecular weight excluding hydrogens is 423 g/mol. The molecule has 0 aliphatic carbocycles. The van der Waals surface area contributed by atoms with Crippen molar-refractivity contribution in [2.45, 2.75) is 6.92 Å². The van der Waals surface area contributed by atoms with Crippen LogP contribution >= 0.6 is 11.3 Å². The minimum Gasteiger partial charge on any atom is -0.308 e. The van der Waals surface area contributed by atoms with E-state index in [1.807, 2.05) is 19.1 Å². The molecule has 0 atom stereocenters. The minimum atomic E-state index is -0.862. The van der Waals surface area contributed by atoms with E-state index in [4.69, 9.17) is 0 Å². The number of anilines is 2.